The second-order valence-corrected chi connectivity index (χ2v) is 3.97. The second kappa shape index (κ2) is 3.89. The molecule has 0 radical (unpaired) electrons. The number of aliphatic hydroxyl groups is 1. The minimum Gasteiger partial charge on any atom is -0.389 e. The Balaban J connectivity index is 3.33. The average Bonchev–Trinajstić information content (AvgIpc) is 1.97. The van der Waals surface area contributed by atoms with Crippen molar-refractivity contribution in [1.29, 1.82) is 0 Å². The molecule has 0 aliphatic heterocycles. The summed E-state index contributed by atoms with van der Waals surface area (Å²) in [5.41, 5.74) is 0.456. The molecule has 0 spiro atoms. The van der Waals surface area contributed by atoms with E-state index in [9.17, 15) is 9.50 Å². The Kier molecular flexibility index (Phi) is 3.31. The predicted octanol–water partition coefficient (Wildman–Crippen LogP) is 3.14. The molecule has 1 nitrogen and oxygen atoms in total. The number of rotatable bonds is 1. The fourth-order valence-corrected chi connectivity index (χ4v) is 2.31. The van der Waals surface area contributed by atoms with Crippen LogP contribution < -0.4 is 0 Å². The van der Waals surface area contributed by atoms with Crippen LogP contribution in [0.15, 0.2) is 12.1 Å². The van der Waals surface area contributed by atoms with Crippen LogP contribution >= 0.6 is 34.2 Å². The van der Waals surface area contributed by atoms with Crippen LogP contribution in [0.3, 0.4) is 0 Å². The number of halogens is 3. The molecule has 1 aromatic carbocycles. The van der Waals surface area contributed by atoms with Crippen molar-refractivity contribution in [2.45, 2.75) is 13.0 Å². The third kappa shape index (κ3) is 1.89. The van der Waals surface area contributed by atoms with E-state index < -0.39 is 11.9 Å². The Morgan fingerprint density at radius 1 is 1.58 bits per heavy atom. The maximum absolute atomic E-state index is 12.9. The van der Waals surface area contributed by atoms with Crippen molar-refractivity contribution in [1.82, 2.24) is 0 Å². The van der Waals surface area contributed by atoms with Crippen LogP contribution in [0.1, 0.15) is 18.6 Å². The summed E-state index contributed by atoms with van der Waals surface area (Å²) in [7, 11) is 0. The summed E-state index contributed by atoms with van der Waals surface area (Å²) in [5.74, 6) is -0.493. The Morgan fingerprint density at radius 2 is 2.17 bits per heavy atom. The van der Waals surface area contributed by atoms with E-state index in [0.717, 1.165) is 3.57 Å². The lowest BCUT2D eigenvalue weighted by molar-refractivity contribution is 0.198. The van der Waals surface area contributed by atoms with E-state index in [1.165, 1.54) is 6.07 Å². The molecule has 12 heavy (non-hydrogen) atoms. The van der Waals surface area contributed by atoms with E-state index >= 15 is 0 Å². The van der Waals surface area contributed by atoms with Crippen molar-refractivity contribution < 1.29 is 9.50 Å². The van der Waals surface area contributed by atoms with Crippen molar-refractivity contribution in [3.8, 4) is 0 Å². The quantitative estimate of drug-likeness (QED) is 0.624. The van der Waals surface area contributed by atoms with Crippen LogP contribution in [0, 0.1) is 9.39 Å². The van der Waals surface area contributed by atoms with Crippen LogP contribution in [0.4, 0.5) is 4.39 Å². The molecule has 66 valence electrons. The molecule has 1 rings (SSSR count). The van der Waals surface area contributed by atoms with Crippen molar-refractivity contribution >= 4 is 34.2 Å². The minimum absolute atomic E-state index is 0.0110. The highest BCUT2D eigenvalue weighted by molar-refractivity contribution is 14.1. The van der Waals surface area contributed by atoms with Gasteiger partial charge >= 0.3 is 0 Å². The fraction of sp³-hybridized carbons (Fsp3) is 0.250. The van der Waals surface area contributed by atoms with Crippen LogP contribution in [0.5, 0.6) is 0 Å². The molecule has 4 heteroatoms. The second-order valence-electron chi connectivity index (χ2n) is 2.43. The van der Waals surface area contributed by atoms with Gasteiger partial charge in [-0.25, -0.2) is 4.39 Å². The van der Waals surface area contributed by atoms with E-state index in [1.807, 2.05) is 22.6 Å². The van der Waals surface area contributed by atoms with Gasteiger partial charge in [-0.1, -0.05) is 11.6 Å². The van der Waals surface area contributed by atoms with Gasteiger partial charge in [-0.3, -0.25) is 0 Å². The maximum Gasteiger partial charge on any atom is 0.142 e. The lowest BCUT2D eigenvalue weighted by Gasteiger charge is -2.09. The largest absolute Gasteiger partial charge is 0.389 e. The molecule has 0 aliphatic rings. The van der Waals surface area contributed by atoms with Crippen LogP contribution in [0.25, 0.3) is 0 Å². The third-order valence-electron chi connectivity index (χ3n) is 1.50. The molecule has 0 bridgehead atoms. The van der Waals surface area contributed by atoms with E-state index in [2.05, 4.69) is 0 Å². The molecule has 0 aliphatic carbocycles. The first kappa shape index (κ1) is 10.2. The zero-order chi connectivity index (χ0) is 9.30. The summed E-state index contributed by atoms with van der Waals surface area (Å²) in [6.07, 6.45) is -0.736. The molecule has 0 amide bonds. The van der Waals surface area contributed by atoms with Gasteiger partial charge in [0, 0.05) is 9.13 Å². The molecule has 0 heterocycles. The molecule has 0 fully saturated rings. The third-order valence-corrected chi connectivity index (χ3v) is 2.82. The monoisotopic (exact) mass is 300 g/mol. The van der Waals surface area contributed by atoms with Gasteiger partial charge in [-0.2, -0.15) is 0 Å². The normalized spacial score (nSPS) is 13.1. The van der Waals surface area contributed by atoms with Crippen LogP contribution in [-0.2, 0) is 0 Å². The van der Waals surface area contributed by atoms with E-state index in [1.54, 1.807) is 13.0 Å². The Morgan fingerprint density at radius 3 is 2.58 bits per heavy atom. The maximum atomic E-state index is 12.9. The van der Waals surface area contributed by atoms with Crippen molar-refractivity contribution in [2.24, 2.45) is 0 Å². The summed E-state index contributed by atoms with van der Waals surface area (Å²) in [6, 6.07) is 2.87. The first-order valence-electron chi connectivity index (χ1n) is 3.35. The lowest BCUT2D eigenvalue weighted by atomic mass is 10.1. The molecule has 0 saturated carbocycles. The summed E-state index contributed by atoms with van der Waals surface area (Å²) >= 11 is 7.66. The molecule has 1 unspecified atom stereocenters. The molecule has 1 atom stereocenters. The van der Waals surface area contributed by atoms with Gasteiger partial charge in [0.15, 0.2) is 0 Å². The summed E-state index contributed by atoms with van der Waals surface area (Å²) in [5, 5.41) is 9.26. The average molecular weight is 300 g/mol. The van der Waals surface area contributed by atoms with Crippen LogP contribution in [-0.4, -0.2) is 5.11 Å². The predicted molar refractivity (Wildman–Crippen MR) is 54.8 cm³/mol. The van der Waals surface area contributed by atoms with Gasteiger partial charge in [-0.15, -0.1) is 0 Å². The topological polar surface area (TPSA) is 20.2 Å². The van der Waals surface area contributed by atoms with Crippen molar-refractivity contribution in [3.63, 3.8) is 0 Å². The first-order valence-corrected chi connectivity index (χ1v) is 4.81. The van der Waals surface area contributed by atoms with E-state index in [0.29, 0.717) is 5.56 Å². The molecular weight excluding hydrogens is 293 g/mol. The van der Waals surface area contributed by atoms with E-state index in [4.69, 9.17) is 11.6 Å². The van der Waals surface area contributed by atoms with Crippen molar-refractivity contribution in [2.75, 3.05) is 0 Å². The Labute approximate surface area is 88.7 Å². The van der Waals surface area contributed by atoms with Gasteiger partial charge in [0.25, 0.3) is 0 Å². The first-order chi connectivity index (χ1) is 5.54. The summed E-state index contributed by atoms with van der Waals surface area (Å²) in [4.78, 5) is 0. The van der Waals surface area contributed by atoms with Gasteiger partial charge in [0.05, 0.1) is 11.1 Å². The summed E-state index contributed by atoms with van der Waals surface area (Å²) < 4.78 is 13.6. The smallest absolute Gasteiger partial charge is 0.142 e. The Bertz CT molecular complexity index is 301. The number of hydrogen-bond acceptors (Lipinski definition) is 1. The molecular formula is C8H7ClFIO. The zero-order valence-electron chi connectivity index (χ0n) is 6.31. The number of aliphatic hydroxyl groups excluding tert-OH is 1. The standard InChI is InChI=1S/C8H7ClFIO/c1-4(12)7-6(11)3-2-5(10)8(7)9/h2-4,12H,1H3. The number of hydrogen-bond donors (Lipinski definition) is 1. The highest BCUT2D eigenvalue weighted by Crippen LogP contribution is 2.29. The molecule has 1 aromatic rings. The van der Waals surface area contributed by atoms with Gasteiger partial charge in [0.2, 0.25) is 0 Å². The minimum atomic E-state index is -0.736. The summed E-state index contributed by atoms with van der Waals surface area (Å²) in [6.45, 7) is 1.56. The van der Waals surface area contributed by atoms with Gasteiger partial charge in [0.1, 0.15) is 5.82 Å². The van der Waals surface area contributed by atoms with E-state index in [-0.39, 0.29) is 5.02 Å². The fourth-order valence-electron chi connectivity index (χ4n) is 0.926. The molecule has 0 saturated heterocycles. The highest BCUT2D eigenvalue weighted by Gasteiger charge is 2.13. The van der Waals surface area contributed by atoms with Crippen molar-refractivity contribution in [3.05, 3.63) is 32.1 Å². The lowest BCUT2D eigenvalue weighted by Crippen LogP contribution is -1.97. The Hall–Kier alpha value is 0.130. The SMILES string of the molecule is CC(O)c1c(I)ccc(F)c1Cl. The molecule has 1 N–H and O–H groups in total. The number of benzene rings is 1. The molecule has 0 aromatic heterocycles. The zero-order valence-corrected chi connectivity index (χ0v) is 9.23. The van der Waals surface area contributed by atoms with Crippen LogP contribution in [0.2, 0.25) is 5.02 Å². The van der Waals surface area contributed by atoms with Gasteiger partial charge < -0.3 is 5.11 Å². The highest BCUT2D eigenvalue weighted by atomic mass is 127. The van der Waals surface area contributed by atoms with Gasteiger partial charge in [-0.05, 0) is 41.6 Å².